The van der Waals surface area contributed by atoms with E-state index < -0.39 is 5.60 Å². The zero-order valence-corrected chi connectivity index (χ0v) is 11.7. The maximum atomic E-state index is 12.0. The van der Waals surface area contributed by atoms with Crippen LogP contribution in [0.3, 0.4) is 0 Å². The molecule has 0 radical (unpaired) electrons. The van der Waals surface area contributed by atoms with Crippen molar-refractivity contribution in [2.75, 3.05) is 6.54 Å². The Morgan fingerprint density at radius 1 is 1.39 bits per heavy atom. The lowest BCUT2D eigenvalue weighted by molar-refractivity contribution is 0.0368. The van der Waals surface area contributed by atoms with Gasteiger partial charge in [-0.3, -0.25) is 4.79 Å². The molecule has 2 N–H and O–H groups in total. The van der Waals surface area contributed by atoms with Crippen molar-refractivity contribution in [2.45, 2.75) is 39.7 Å². The van der Waals surface area contributed by atoms with E-state index in [0.717, 1.165) is 5.56 Å². The molecule has 0 saturated carbocycles. The Morgan fingerprint density at radius 3 is 2.56 bits per heavy atom. The summed E-state index contributed by atoms with van der Waals surface area (Å²) in [5.74, 6) is 0.271. The smallest absolute Gasteiger partial charge is 0.251 e. The lowest BCUT2D eigenvalue weighted by Crippen LogP contribution is -2.41. The maximum absolute atomic E-state index is 12.0. The molecule has 0 fully saturated rings. The predicted molar refractivity (Wildman–Crippen MR) is 73.6 cm³/mol. The molecule has 0 aliphatic heterocycles. The van der Waals surface area contributed by atoms with Crippen LogP contribution in [0.5, 0.6) is 0 Å². The van der Waals surface area contributed by atoms with Crippen molar-refractivity contribution in [3.8, 4) is 0 Å². The van der Waals surface area contributed by atoms with Gasteiger partial charge in [0.05, 0.1) is 5.60 Å². The Kier molecular flexibility index (Phi) is 4.91. The van der Waals surface area contributed by atoms with Crippen LogP contribution in [-0.2, 0) is 0 Å². The minimum Gasteiger partial charge on any atom is -0.388 e. The number of hydrogen-bond acceptors (Lipinski definition) is 2. The average Bonchev–Trinajstić information content (AvgIpc) is 2.25. The van der Waals surface area contributed by atoms with E-state index in [4.69, 9.17) is 0 Å². The molecule has 1 unspecified atom stereocenters. The molecule has 0 bridgehead atoms. The number of carbonyl (C=O) groups excluding carboxylic acids is 1. The molecule has 1 aromatic carbocycles. The average molecular weight is 249 g/mol. The first-order chi connectivity index (χ1) is 8.32. The predicted octanol–water partition coefficient (Wildman–Crippen LogP) is 2.52. The van der Waals surface area contributed by atoms with Crippen molar-refractivity contribution in [3.05, 3.63) is 35.4 Å². The number of rotatable bonds is 5. The van der Waals surface area contributed by atoms with Crippen LogP contribution in [0, 0.1) is 12.8 Å². The van der Waals surface area contributed by atoms with Crippen molar-refractivity contribution in [1.29, 1.82) is 0 Å². The lowest BCUT2D eigenvalue weighted by Gasteiger charge is -2.25. The fourth-order valence-electron chi connectivity index (χ4n) is 2.15. The van der Waals surface area contributed by atoms with Gasteiger partial charge in [-0.2, -0.15) is 0 Å². The molecule has 0 heterocycles. The van der Waals surface area contributed by atoms with E-state index in [1.807, 2.05) is 25.1 Å². The second-order valence-electron chi connectivity index (χ2n) is 5.59. The van der Waals surface area contributed by atoms with E-state index in [9.17, 15) is 9.90 Å². The van der Waals surface area contributed by atoms with Gasteiger partial charge in [0.25, 0.3) is 5.91 Å². The molecule has 0 saturated heterocycles. The van der Waals surface area contributed by atoms with Gasteiger partial charge in [-0.25, -0.2) is 0 Å². The van der Waals surface area contributed by atoms with Crippen molar-refractivity contribution in [3.63, 3.8) is 0 Å². The van der Waals surface area contributed by atoms with Crippen LogP contribution < -0.4 is 5.32 Å². The highest BCUT2D eigenvalue weighted by atomic mass is 16.3. The number of amides is 1. The molecule has 0 aromatic heterocycles. The van der Waals surface area contributed by atoms with E-state index in [-0.39, 0.29) is 12.5 Å². The topological polar surface area (TPSA) is 49.3 Å². The molecule has 0 aliphatic rings. The number of hydrogen-bond donors (Lipinski definition) is 2. The number of aryl methyl sites for hydroxylation is 1. The van der Waals surface area contributed by atoms with Gasteiger partial charge in [-0.15, -0.1) is 0 Å². The van der Waals surface area contributed by atoms with Crippen LogP contribution in [0.25, 0.3) is 0 Å². The summed E-state index contributed by atoms with van der Waals surface area (Å²) >= 11 is 0. The minimum absolute atomic E-state index is 0.128. The molecule has 0 spiro atoms. The summed E-state index contributed by atoms with van der Waals surface area (Å²) in [7, 11) is 0. The molecule has 0 aliphatic carbocycles. The summed E-state index contributed by atoms with van der Waals surface area (Å²) in [5, 5.41) is 12.9. The van der Waals surface area contributed by atoms with Crippen LogP contribution in [0.1, 0.15) is 43.1 Å². The Balaban J connectivity index is 2.59. The summed E-state index contributed by atoms with van der Waals surface area (Å²) in [4.78, 5) is 12.0. The van der Waals surface area contributed by atoms with E-state index in [1.165, 1.54) is 0 Å². The molecular formula is C15H23NO2. The number of nitrogens with one attached hydrogen (secondary N) is 1. The zero-order chi connectivity index (χ0) is 13.8. The molecule has 3 heteroatoms. The van der Waals surface area contributed by atoms with Gasteiger partial charge >= 0.3 is 0 Å². The van der Waals surface area contributed by atoms with Crippen molar-refractivity contribution in [2.24, 2.45) is 5.92 Å². The van der Waals surface area contributed by atoms with E-state index in [1.54, 1.807) is 13.0 Å². The van der Waals surface area contributed by atoms with Crippen LogP contribution in [0.4, 0.5) is 0 Å². The number of benzene rings is 1. The summed E-state index contributed by atoms with van der Waals surface area (Å²) in [5.41, 5.74) is 0.753. The fraction of sp³-hybridized carbons (Fsp3) is 0.533. The number of carbonyl (C=O) groups is 1. The third-order valence-electron chi connectivity index (χ3n) is 2.87. The first-order valence-electron chi connectivity index (χ1n) is 6.38. The van der Waals surface area contributed by atoms with Crippen molar-refractivity contribution >= 4 is 5.91 Å². The summed E-state index contributed by atoms with van der Waals surface area (Å²) in [6, 6.07) is 7.44. The van der Waals surface area contributed by atoms with E-state index in [2.05, 4.69) is 19.2 Å². The quantitative estimate of drug-likeness (QED) is 0.842. The summed E-state index contributed by atoms with van der Waals surface area (Å²) in [6.07, 6.45) is 0.668. The Bertz CT molecular complexity index is 411. The Morgan fingerprint density at radius 2 is 2.00 bits per heavy atom. The van der Waals surface area contributed by atoms with Crippen LogP contribution >= 0.6 is 0 Å². The summed E-state index contributed by atoms with van der Waals surface area (Å²) < 4.78 is 0. The minimum atomic E-state index is -0.855. The summed E-state index contributed by atoms with van der Waals surface area (Å²) in [6.45, 7) is 8.04. The van der Waals surface area contributed by atoms with Gasteiger partial charge in [0.1, 0.15) is 0 Å². The fourth-order valence-corrected chi connectivity index (χ4v) is 2.15. The molecular weight excluding hydrogens is 226 g/mol. The Hall–Kier alpha value is -1.35. The van der Waals surface area contributed by atoms with E-state index >= 15 is 0 Å². The molecule has 3 nitrogen and oxygen atoms in total. The van der Waals surface area contributed by atoms with Gasteiger partial charge in [0.2, 0.25) is 0 Å². The third kappa shape index (κ3) is 4.49. The second kappa shape index (κ2) is 6.01. The SMILES string of the molecule is Cc1ccccc1C(=O)NCC(C)(O)CC(C)C. The monoisotopic (exact) mass is 249 g/mol. The molecule has 1 atom stereocenters. The molecule has 100 valence electrons. The third-order valence-corrected chi connectivity index (χ3v) is 2.87. The standard InChI is InChI=1S/C15H23NO2/c1-11(2)9-15(4,18)10-16-14(17)13-8-6-5-7-12(13)3/h5-8,11,18H,9-10H2,1-4H3,(H,16,17). The van der Waals surface area contributed by atoms with Gasteiger partial charge in [0.15, 0.2) is 0 Å². The number of aliphatic hydroxyl groups is 1. The maximum Gasteiger partial charge on any atom is 0.251 e. The van der Waals surface area contributed by atoms with Gasteiger partial charge < -0.3 is 10.4 Å². The van der Waals surface area contributed by atoms with Crippen molar-refractivity contribution < 1.29 is 9.90 Å². The van der Waals surface area contributed by atoms with E-state index in [0.29, 0.717) is 17.9 Å². The van der Waals surface area contributed by atoms with Crippen LogP contribution in [-0.4, -0.2) is 23.2 Å². The highest BCUT2D eigenvalue weighted by Gasteiger charge is 2.22. The van der Waals surface area contributed by atoms with Gasteiger partial charge in [-0.1, -0.05) is 32.0 Å². The van der Waals surface area contributed by atoms with Gasteiger partial charge in [0, 0.05) is 12.1 Å². The van der Waals surface area contributed by atoms with Crippen LogP contribution in [0.2, 0.25) is 0 Å². The molecule has 1 rings (SSSR count). The van der Waals surface area contributed by atoms with Crippen LogP contribution in [0.15, 0.2) is 24.3 Å². The lowest BCUT2D eigenvalue weighted by atomic mass is 9.94. The first-order valence-corrected chi connectivity index (χ1v) is 6.38. The first kappa shape index (κ1) is 14.7. The molecule has 18 heavy (non-hydrogen) atoms. The molecule has 1 aromatic rings. The zero-order valence-electron chi connectivity index (χ0n) is 11.7. The highest BCUT2D eigenvalue weighted by molar-refractivity contribution is 5.95. The Labute approximate surface area is 109 Å². The highest BCUT2D eigenvalue weighted by Crippen LogP contribution is 2.15. The second-order valence-corrected chi connectivity index (χ2v) is 5.59. The normalized spacial score (nSPS) is 14.3. The van der Waals surface area contributed by atoms with Gasteiger partial charge in [-0.05, 0) is 37.8 Å². The largest absolute Gasteiger partial charge is 0.388 e. The van der Waals surface area contributed by atoms with Crippen molar-refractivity contribution in [1.82, 2.24) is 5.32 Å². The molecule has 1 amide bonds.